The molecule has 3 nitrogen and oxygen atoms in total. The van der Waals surface area contributed by atoms with Crippen LogP contribution in [0, 0.1) is 17.7 Å². The van der Waals surface area contributed by atoms with Gasteiger partial charge in [-0.05, 0) is 38.0 Å². The van der Waals surface area contributed by atoms with E-state index in [9.17, 15) is 9.18 Å². The molecule has 1 aromatic carbocycles. The Bertz CT molecular complexity index is 580. The summed E-state index contributed by atoms with van der Waals surface area (Å²) in [4.78, 5) is 12.4. The summed E-state index contributed by atoms with van der Waals surface area (Å²) in [6.45, 7) is 1.99. The van der Waals surface area contributed by atoms with Gasteiger partial charge in [0.25, 0.3) is 5.91 Å². The van der Waals surface area contributed by atoms with Gasteiger partial charge >= 0.3 is 0 Å². The Hall–Kier alpha value is -1.86. The van der Waals surface area contributed by atoms with Gasteiger partial charge < -0.3 is 10.4 Å². The molecule has 0 unspecified atom stereocenters. The van der Waals surface area contributed by atoms with E-state index < -0.39 is 5.82 Å². The maximum atomic E-state index is 13.4. The molecule has 0 aromatic heterocycles. The number of carbonyl (C=O) groups is 1. The van der Waals surface area contributed by atoms with Crippen LogP contribution in [0.2, 0.25) is 0 Å². The fourth-order valence-electron chi connectivity index (χ4n) is 2.65. The van der Waals surface area contributed by atoms with E-state index >= 15 is 0 Å². The second-order valence-electron chi connectivity index (χ2n) is 5.69. The highest BCUT2D eigenvalue weighted by atomic mass is 19.1. The fourth-order valence-corrected chi connectivity index (χ4v) is 2.65. The van der Waals surface area contributed by atoms with E-state index in [0.29, 0.717) is 17.5 Å². The van der Waals surface area contributed by atoms with Gasteiger partial charge in [0.15, 0.2) is 0 Å². The SMILES string of the molecule is CC1(NC(=O)c2ccc(F)cc2C#CCCO)CCCC1. The minimum Gasteiger partial charge on any atom is -0.395 e. The Balaban J connectivity index is 2.22. The smallest absolute Gasteiger partial charge is 0.252 e. The summed E-state index contributed by atoms with van der Waals surface area (Å²) in [6.07, 6.45) is 4.46. The van der Waals surface area contributed by atoms with E-state index in [2.05, 4.69) is 17.2 Å². The quantitative estimate of drug-likeness (QED) is 0.840. The highest BCUT2D eigenvalue weighted by molar-refractivity contribution is 5.97. The highest BCUT2D eigenvalue weighted by Crippen LogP contribution is 2.29. The first kappa shape index (κ1) is 15.5. The molecule has 0 bridgehead atoms. The first-order valence-corrected chi connectivity index (χ1v) is 7.26. The molecule has 112 valence electrons. The molecule has 0 heterocycles. The summed E-state index contributed by atoms with van der Waals surface area (Å²) in [7, 11) is 0. The number of nitrogens with one attached hydrogen (secondary N) is 1. The molecule has 1 amide bonds. The van der Waals surface area contributed by atoms with E-state index in [0.717, 1.165) is 25.7 Å². The third kappa shape index (κ3) is 4.05. The van der Waals surface area contributed by atoms with Crippen LogP contribution in [-0.4, -0.2) is 23.2 Å². The van der Waals surface area contributed by atoms with Crippen LogP contribution in [-0.2, 0) is 0 Å². The molecular weight excluding hydrogens is 269 g/mol. The average Bonchev–Trinajstić information content (AvgIpc) is 2.85. The maximum Gasteiger partial charge on any atom is 0.252 e. The molecule has 2 N–H and O–H groups in total. The van der Waals surface area contributed by atoms with Gasteiger partial charge in [-0.2, -0.15) is 0 Å². The number of hydrogen-bond acceptors (Lipinski definition) is 2. The van der Waals surface area contributed by atoms with Crippen LogP contribution in [0.5, 0.6) is 0 Å². The van der Waals surface area contributed by atoms with Crippen molar-refractivity contribution in [3.05, 3.63) is 35.1 Å². The lowest BCUT2D eigenvalue weighted by molar-refractivity contribution is 0.0908. The Morgan fingerprint density at radius 1 is 1.43 bits per heavy atom. The molecule has 1 aromatic rings. The van der Waals surface area contributed by atoms with Crippen LogP contribution in [0.15, 0.2) is 18.2 Å². The molecule has 0 spiro atoms. The topological polar surface area (TPSA) is 49.3 Å². The molecule has 21 heavy (non-hydrogen) atoms. The Morgan fingerprint density at radius 2 is 2.14 bits per heavy atom. The Labute approximate surface area is 124 Å². The van der Waals surface area contributed by atoms with E-state index in [1.807, 2.05) is 6.92 Å². The second-order valence-corrected chi connectivity index (χ2v) is 5.69. The van der Waals surface area contributed by atoms with Crippen molar-refractivity contribution >= 4 is 5.91 Å². The third-order valence-electron chi connectivity index (χ3n) is 3.81. The summed E-state index contributed by atoms with van der Waals surface area (Å²) < 4.78 is 13.4. The number of carbonyl (C=O) groups excluding carboxylic acids is 1. The van der Waals surface area contributed by atoms with Gasteiger partial charge in [-0.25, -0.2) is 4.39 Å². The number of amides is 1. The molecule has 1 aliphatic rings. The standard InChI is InChI=1S/C17H20FNO2/c1-17(9-3-4-10-17)19-16(21)15-8-7-14(18)12-13(15)6-2-5-11-20/h7-8,12,20H,3-5,9-11H2,1H3,(H,19,21). The van der Waals surface area contributed by atoms with Gasteiger partial charge in [0.2, 0.25) is 0 Å². The molecule has 1 fully saturated rings. The first-order chi connectivity index (χ1) is 10.0. The summed E-state index contributed by atoms with van der Waals surface area (Å²) in [6, 6.07) is 3.99. The molecule has 2 rings (SSSR count). The summed E-state index contributed by atoms with van der Waals surface area (Å²) in [5, 5.41) is 11.8. The molecular formula is C17H20FNO2. The highest BCUT2D eigenvalue weighted by Gasteiger charge is 2.30. The van der Waals surface area contributed by atoms with E-state index in [1.165, 1.54) is 18.2 Å². The number of hydrogen-bond donors (Lipinski definition) is 2. The van der Waals surface area contributed by atoms with Crippen molar-refractivity contribution in [2.45, 2.75) is 44.6 Å². The van der Waals surface area contributed by atoms with E-state index in [1.54, 1.807) is 0 Å². The lowest BCUT2D eigenvalue weighted by atomic mass is 9.99. The largest absolute Gasteiger partial charge is 0.395 e. The molecule has 0 radical (unpaired) electrons. The van der Waals surface area contributed by atoms with Gasteiger partial charge in [0.05, 0.1) is 12.2 Å². The van der Waals surface area contributed by atoms with Crippen molar-refractivity contribution < 1.29 is 14.3 Å². The zero-order valence-corrected chi connectivity index (χ0v) is 12.2. The number of aliphatic hydroxyl groups excluding tert-OH is 1. The maximum absolute atomic E-state index is 13.4. The van der Waals surface area contributed by atoms with Crippen molar-refractivity contribution in [2.75, 3.05) is 6.61 Å². The monoisotopic (exact) mass is 289 g/mol. The van der Waals surface area contributed by atoms with Crippen molar-refractivity contribution in [3.63, 3.8) is 0 Å². The van der Waals surface area contributed by atoms with Crippen molar-refractivity contribution in [1.82, 2.24) is 5.32 Å². The minimum atomic E-state index is -0.424. The zero-order chi connectivity index (χ0) is 15.3. The predicted octanol–water partition coefficient (Wildman–Crippen LogP) is 2.62. The van der Waals surface area contributed by atoms with Crippen LogP contribution < -0.4 is 5.32 Å². The second kappa shape index (κ2) is 6.73. The Kier molecular flexibility index (Phi) is 4.98. The molecule has 1 aliphatic carbocycles. The zero-order valence-electron chi connectivity index (χ0n) is 12.2. The molecule has 0 aliphatic heterocycles. The fraction of sp³-hybridized carbons (Fsp3) is 0.471. The van der Waals surface area contributed by atoms with Crippen molar-refractivity contribution in [1.29, 1.82) is 0 Å². The van der Waals surface area contributed by atoms with Gasteiger partial charge in [-0.15, -0.1) is 0 Å². The van der Waals surface area contributed by atoms with Crippen LogP contribution >= 0.6 is 0 Å². The van der Waals surface area contributed by atoms with Gasteiger partial charge in [-0.3, -0.25) is 4.79 Å². The molecule has 0 atom stereocenters. The van der Waals surface area contributed by atoms with Gasteiger partial charge in [-0.1, -0.05) is 24.7 Å². The van der Waals surface area contributed by atoms with Crippen LogP contribution in [0.1, 0.15) is 54.9 Å². The van der Waals surface area contributed by atoms with Crippen molar-refractivity contribution in [3.8, 4) is 11.8 Å². The summed E-state index contributed by atoms with van der Waals surface area (Å²) in [5.41, 5.74) is 0.568. The number of rotatable bonds is 3. The first-order valence-electron chi connectivity index (χ1n) is 7.26. The van der Waals surface area contributed by atoms with Gasteiger partial charge in [0, 0.05) is 17.5 Å². The van der Waals surface area contributed by atoms with Crippen LogP contribution in [0.4, 0.5) is 4.39 Å². The Morgan fingerprint density at radius 3 is 2.81 bits per heavy atom. The van der Waals surface area contributed by atoms with Gasteiger partial charge in [0.1, 0.15) is 5.82 Å². The van der Waals surface area contributed by atoms with Crippen LogP contribution in [0.3, 0.4) is 0 Å². The average molecular weight is 289 g/mol. The molecule has 4 heteroatoms. The number of benzene rings is 1. The normalized spacial score (nSPS) is 16.1. The predicted molar refractivity (Wildman–Crippen MR) is 79.3 cm³/mol. The van der Waals surface area contributed by atoms with Crippen LogP contribution in [0.25, 0.3) is 0 Å². The van der Waals surface area contributed by atoms with E-state index in [4.69, 9.17) is 5.11 Å². The lowest BCUT2D eigenvalue weighted by Gasteiger charge is -2.25. The molecule has 1 saturated carbocycles. The number of aliphatic hydroxyl groups is 1. The third-order valence-corrected chi connectivity index (χ3v) is 3.81. The summed E-state index contributed by atoms with van der Waals surface area (Å²) >= 11 is 0. The number of halogens is 1. The minimum absolute atomic E-state index is 0.0537. The van der Waals surface area contributed by atoms with E-state index in [-0.39, 0.29) is 18.1 Å². The molecule has 0 saturated heterocycles. The van der Waals surface area contributed by atoms with Crippen molar-refractivity contribution in [2.24, 2.45) is 0 Å². The summed E-state index contributed by atoms with van der Waals surface area (Å²) in [5.74, 6) is 4.85. The lowest BCUT2D eigenvalue weighted by Crippen LogP contribution is -2.43.